The van der Waals surface area contributed by atoms with Gasteiger partial charge in [-0.15, -0.1) is 0 Å². The molecule has 25 heavy (non-hydrogen) atoms. The van der Waals surface area contributed by atoms with Crippen molar-refractivity contribution in [2.24, 2.45) is 0 Å². The van der Waals surface area contributed by atoms with Gasteiger partial charge in [0, 0.05) is 12.3 Å². The quantitative estimate of drug-likeness (QED) is 0.584. The number of imide groups is 1. The molecule has 2 aliphatic rings. The van der Waals surface area contributed by atoms with E-state index in [-0.39, 0.29) is 11.8 Å². The van der Waals surface area contributed by atoms with Crippen molar-refractivity contribution in [3.63, 3.8) is 0 Å². The summed E-state index contributed by atoms with van der Waals surface area (Å²) in [5.41, 5.74) is 0.981. The Hall–Kier alpha value is -2.09. The van der Waals surface area contributed by atoms with Crippen LogP contribution in [0.25, 0.3) is 0 Å². The zero-order chi connectivity index (χ0) is 17.2. The molecule has 0 N–H and O–H groups in total. The van der Waals surface area contributed by atoms with Crippen LogP contribution in [0.15, 0.2) is 40.8 Å². The third-order valence-corrected chi connectivity index (χ3v) is 5.08. The van der Waals surface area contributed by atoms with Gasteiger partial charge in [-0.2, -0.15) is 11.8 Å². The zero-order valence-corrected chi connectivity index (χ0v) is 14.3. The lowest BCUT2D eigenvalue weighted by Crippen LogP contribution is -2.31. The van der Waals surface area contributed by atoms with Crippen LogP contribution in [-0.4, -0.2) is 42.2 Å². The van der Waals surface area contributed by atoms with E-state index in [2.05, 4.69) is 0 Å². The number of fused-ring (bicyclic) bond motifs is 1. The van der Waals surface area contributed by atoms with E-state index in [1.165, 1.54) is 4.90 Å². The highest BCUT2D eigenvalue weighted by Crippen LogP contribution is 2.27. The first-order valence-electron chi connectivity index (χ1n) is 8.09. The Labute approximate surface area is 149 Å². The van der Waals surface area contributed by atoms with Gasteiger partial charge in [-0.3, -0.25) is 14.5 Å². The molecule has 6 nitrogen and oxygen atoms in total. The summed E-state index contributed by atoms with van der Waals surface area (Å²) in [6, 6.07) is 10.7. The van der Waals surface area contributed by atoms with Crippen molar-refractivity contribution in [1.82, 2.24) is 4.90 Å². The second kappa shape index (κ2) is 7.03. The van der Waals surface area contributed by atoms with E-state index in [1.54, 1.807) is 36.0 Å². The van der Waals surface area contributed by atoms with Gasteiger partial charge < -0.3 is 13.9 Å². The first kappa shape index (κ1) is 16.4. The predicted octanol–water partition coefficient (Wildman–Crippen LogP) is 2.85. The van der Waals surface area contributed by atoms with Crippen LogP contribution in [-0.2, 0) is 15.2 Å². The summed E-state index contributed by atoms with van der Waals surface area (Å²) < 4.78 is 16.5. The maximum atomic E-state index is 12.3. The average molecular weight is 359 g/mol. The Morgan fingerprint density at radius 3 is 2.36 bits per heavy atom. The molecule has 0 saturated carbocycles. The normalized spacial score (nSPS) is 17.5. The van der Waals surface area contributed by atoms with Crippen LogP contribution < -0.4 is 0 Å². The standard InChI is InChI=1S/C18H17NO5S/c20-16-13-3-1-2-4-14(13)17(21)19(16)7-10-25-11-12-5-6-15(24-12)18-22-8-9-23-18/h1-6,18H,7-11H2. The highest BCUT2D eigenvalue weighted by molar-refractivity contribution is 7.98. The number of hydrogen-bond donors (Lipinski definition) is 0. The number of carbonyl (C=O) groups is 2. The highest BCUT2D eigenvalue weighted by atomic mass is 32.2. The van der Waals surface area contributed by atoms with E-state index < -0.39 is 6.29 Å². The lowest BCUT2D eigenvalue weighted by Gasteiger charge is -2.12. The topological polar surface area (TPSA) is 69.0 Å². The average Bonchev–Trinajstić information content (AvgIpc) is 3.35. The SMILES string of the molecule is O=C1c2ccccc2C(=O)N1CCSCc1ccc(C2OCCO2)o1. The molecule has 4 rings (SSSR count). The molecule has 7 heteroatoms. The smallest absolute Gasteiger partial charge is 0.261 e. The first-order valence-corrected chi connectivity index (χ1v) is 9.24. The molecule has 130 valence electrons. The number of carbonyl (C=O) groups excluding carboxylic acids is 2. The Kier molecular flexibility index (Phi) is 4.61. The molecule has 1 aromatic carbocycles. The fraction of sp³-hybridized carbons (Fsp3) is 0.333. The minimum absolute atomic E-state index is 0.211. The predicted molar refractivity (Wildman–Crippen MR) is 91.3 cm³/mol. The zero-order valence-electron chi connectivity index (χ0n) is 13.5. The monoisotopic (exact) mass is 359 g/mol. The van der Waals surface area contributed by atoms with Crippen LogP contribution in [0.3, 0.4) is 0 Å². The fourth-order valence-corrected chi connectivity index (χ4v) is 3.70. The van der Waals surface area contributed by atoms with Crippen LogP contribution in [0.2, 0.25) is 0 Å². The number of hydrogen-bond acceptors (Lipinski definition) is 6. The van der Waals surface area contributed by atoms with Crippen molar-refractivity contribution < 1.29 is 23.5 Å². The van der Waals surface area contributed by atoms with Gasteiger partial charge in [0.2, 0.25) is 6.29 Å². The number of furan rings is 1. The van der Waals surface area contributed by atoms with Crippen molar-refractivity contribution in [1.29, 1.82) is 0 Å². The Bertz CT molecular complexity index is 761. The second-order valence-electron chi connectivity index (χ2n) is 5.74. The number of nitrogens with zero attached hydrogens (tertiary/aromatic N) is 1. The van der Waals surface area contributed by atoms with Gasteiger partial charge in [-0.1, -0.05) is 12.1 Å². The van der Waals surface area contributed by atoms with Crippen molar-refractivity contribution in [2.45, 2.75) is 12.0 Å². The number of ether oxygens (including phenoxy) is 2. The fourth-order valence-electron chi connectivity index (χ4n) is 2.89. The lowest BCUT2D eigenvalue weighted by atomic mass is 10.1. The summed E-state index contributed by atoms with van der Waals surface area (Å²) in [6.45, 7) is 1.55. The van der Waals surface area contributed by atoms with Crippen LogP contribution in [0.5, 0.6) is 0 Å². The molecule has 0 aliphatic carbocycles. The van der Waals surface area contributed by atoms with E-state index >= 15 is 0 Å². The summed E-state index contributed by atoms with van der Waals surface area (Å²) in [5.74, 6) is 2.39. The van der Waals surface area contributed by atoms with Gasteiger partial charge in [-0.25, -0.2) is 0 Å². The van der Waals surface area contributed by atoms with Gasteiger partial charge in [0.1, 0.15) is 5.76 Å². The molecule has 1 aromatic heterocycles. The summed E-state index contributed by atoms with van der Waals surface area (Å²) in [7, 11) is 0. The summed E-state index contributed by atoms with van der Waals surface area (Å²) in [4.78, 5) is 25.9. The highest BCUT2D eigenvalue weighted by Gasteiger charge is 2.34. The maximum absolute atomic E-state index is 12.3. The molecule has 0 atom stereocenters. The maximum Gasteiger partial charge on any atom is 0.261 e. The van der Waals surface area contributed by atoms with E-state index in [0.29, 0.717) is 48.2 Å². The van der Waals surface area contributed by atoms with Gasteiger partial charge in [0.05, 0.1) is 30.1 Å². The van der Waals surface area contributed by atoms with E-state index in [1.807, 2.05) is 12.1 Å². The van der Waals surface area contributed by atoms with Crippen molar-refractivity contribution in [3.8, 4) is 0 Å². The summed E-state index contributed by atoms with van der Waals surface area (Å²) >= 11 is 1.61. The molecule has 0 spiro atoms. The van der Waals surface area contributed by atoms with Crippen molar-refractivity contribution >= 4 is 23.6 Å². The molecule has 0 bridgehead atoms. The number of rotatable bonds is 6. The number of thioether (sulfide) groups is 1. The number of benzene rings is 1. The third-order valence-electron chi connectivity index (χ3n) is 4.12. The van der Waals surface area contributed by atoms with Gasteiger partial charge in [-0.05, 0) is 24.3 Å². The van der Waals surface area contributed by atoms with Gasteiger partial charge in [0.25, 0.3) is 11.8 Å². The third kappa shape index (κ3) is 3.22. The number of amides is 2. The van der Waals surface area contributed by atoms with E-state index in [4.69, 9.17) is 13.9 Å². The molecule has 2 amide bonds. The lowest BCUT2D eigenvalue weighted by molar-refractivity contribution is -0.0592. The molecular weight excluding hydrogens is 342 g/mol. The Morgan fingerprint density at radius 2 is 1.68 bits per heavy atom. The molecule has 2 aliphatic heterocycles. The van der Waals surface area contributed by atoms with Gasteiger partial charge >= 0.3 is 0 Å². The van der Waals surface area contributed by atoms with Crippen LogP contribution in [0.4, 0.5) is 0 Å². The van der Waals surface area contributed by atoms with Crippen molar-refractivity contribution in [3.05, 3.63) is 59.0 Å². The molecular formula is C18H17NO5S. The molecule has 2 aromatic rings. The Balaban J connectivity index is 1.28. The van der Waals surface area contributed by atoms with E-state index in [0.717, 1.165) is 5.76 Å². The van der Waals surface area contributed by atoms with Crippen molar-refractivity contribution in [2.75, 3.05) is 25.5 Å². The summed E-state index contributed by atoms with van der Waals surface area (Å²) in [5, 5.41) is 0. The van der Waals surface area contributed by atoms with Crippen LogP contribution in [0, 0.1) is 0 Å². The minimum Gasteiger partial charge on any atom is -0.460 e. The van der Waals surface area contributed by atoms with E-state index in [9.17, 15) is 9.59 Å². The second-order valence-corrected chi connectivity index (χ2v) is 6.84. The summed E-state index contributed by atoms with van der Waals surface area (Å²) in [6.07, 6.45) is -0.405. The largest absolute Gasteiger partial charge is 0.460 e. The van der Waals surface area contributed by atoms with Crippen LogP contribution >= 0.6 is 11.8 Å². The molecule has 1 saturated heterocycles. The Morgan fingerprint density at radius 1 is 1.00 bits per heavy atom. The molecule has 0 unspecified atom stereocenters. The molecule has 1 fully saturated rings. The molecule has 3 heterocycles. The first-order chi connectivity index (χ1) is 12.2. The minimum atomic E-state index is -0.405. The molecule has 0 radical (unpaired) electrons. The van der Waals surface area contributed by atoms with Crippen LogP contribution in [0.1, 0.15) is 38.5 Å². The van der Waals surface area contributed by atoms with Gasteiger partial charge in [0.15, 0.2) is 5.76 Å².